The van der Waals surface area contributed by atoms with Crippen molar-refractivity contribution in [2.24, 2.45) is 0 Å². The Kier molecular flexibility index (Phi) is 4.87. The minimum Gasteiger partial charge on any atom is -0.492 e. The Morgan fingerprint density at radius 1 is 1.24 bits per heavy atom. The monoisotopic (exact) mass is 233 g/mol. The van der Waals surface area contributed by atoms with Crippen LogP contribution in [-0.4, -0.2) is 19.2 Å². The lowest BCUT2D eigenvalue weighted by Crippen LogP contribution is -2.30. The fraction of sp³-hybridized carbons (Fsp3) is 0.600. The molecule has 2 nitrogen and oxygen atoms in total. The highest BCUT2D eigenvalue weighted by atomic mass is 16.5. The van der Waals surface area contributed by atoms with Crippen LogP contribution in [0.25, 0.3) is 0 Å². The van der Waals surface area contributed by atoms with Gasteiger partial charge in [-0.15, -0.1) is 0 Å². The van der Waals surface area contributed by atoms with E-state index in [1.165, 1.54) is 31.2 Å². The summed E-state index contributed by atoms with van der Waals surface area (Å²) in [4.78, 5) is 0. The summed E-state index contributed by atoms with van der Waals surface area (Å²) in [7, 11) is 0. The zero-order valence-electron chi connectivity index (χ0n) is 10.7. The Bertz CT molecular complexity index is 331. The minimum absolute atomic E-state index is 0.736. The Labute approximate surface area is 104 Å². The molecule has 0 aromatic heterocycles. The topological polar surface area (TPSA) is 21.3 Å². The number of benzene rings is 1. The zero-order valence-corrected chi connectivity index (χ0v) is 10.7. The molecule has 1 aliphatic rings. The molecule has 0 amide bonds. The number of ether oxygens (including phenoxy) is 1. The van der Waals surface area contributed by atoms with Crippen molar-refractivity contribution in [1.82, 2.24) is 5.32 Å². The highest BCUT2D eigenvalue weighted by molar-refractivity contribution is 5.33. The maximum atomic E-state index is 5.83. The van der Waals surface area contributed by atoms with Gasteiger partial charge in [0.25, 0.3) is 0 Å². The van der Waals surface area contributed by atoms with Crippen LogP contribution in [0.4, 0.5) is 0 Å². The molecule has 1 saturated carbocycles. The molecule has 1 aliphatic carbocycles. The molecular weight excluding hydrogens is 210 g/mol. The molecule has 0 bridgehead atoms. The van der Waals surface area contributed by atoms with Gasteiger partial charge in [0.2, 0.25) is 0 Å². The minimum atomic E-state index is 0.736. The first-order chi connectivity index (χ1) is 8.40. The second-order valence-corrected chi connectivity index (χ2v) is 4.75. The third-order valence-electron chi connectivity index (χ3n) is 3.50. The maximum Gasteiger partial charge on any atom is 0.122 e. The van der Waals surface area contributed by atoms with Crippen LogP contribution in [-0.2, 0) is 6.42 Å². The summed E-state index contributed by atoms with van der Waals surface area (Å²) < 4.78 is 5.83. The molecule has 0 radical (unpaired) electrons. The van der Waals surface area contributed by atoms with E-state index in [4.69, 9.17) is 4.74 Å². The highest BCUT2D eigenvalue weighted by Crippen LogP contribution is 2.19. The lowest BCUT2D eigenvalue weighted by Gasteiger charge is -2.13. The molecule has 0 heterocycles. The molecule has 94 valence electrons. The van der Waals surface area contributed by atoms with E-state index in [9.17, 15) is 0 Å². The van der Waals surface area contributed by atoms with Crippen LogP contribution in [0.1, 0.15) is 38.2 Å². The summed E-state index contributed by atoms with van der Waals surface area (Å²) >= 11 is 0. The molecule has 2 heteroatoms. The van der Waals surface area contributed by atoms with Crippen molar-refractivity contribution in [1.29, 1.82) is 0 Å². The molecule has 0 spiro atoms. The smallest absolute Gasteiger partial charge is 0.122 e. The van der Waals surface area contributed by atoms with Gasteiger partial charge in [0, 0.05) is 12.6 Å². The fourth-order valence-corrected chi connectivity index (χ4v) is 2.49. The quantitative estimate of drug-likeness (QED) is 0.762. The van der Waals surface area contributed by atoms with Crippen molar-refractivity contribution in [2.75, 3.05) is 13.2 Å². The third-order valence-corrected chi connectivity index (χ3v) is 3.50. The predicted molar refractivity (Wildman–Crippen MR) is 71.6 cm³/mol. The first kappa shape index (κ1) is 12.4. The summed E-state index contributed by atoms with van der Waals surface area (Å²) in [5, 5.41) is 3.56. The molecule has 0 unspecified atom stereocenters. The van der Waals surface area contributed by atoms with Gasteiger partial charge in [-0.05, 0) is 30.9 Å². The van der Waals surface area contributed by atoms with E-state index in [-0.39, 0.29) is 0 Å². The van der Waals surface area contributed by atoms with Gasteiger partial charge in [0.05, 0.1) is 0 Å². The Hall–Kier alpha value is -1.02. The number of hydrogen-bond acceptors (Lipinski definition) is 2. The van der Waals surface area contributed by atoms with Crippen molar-refractivity contribution in [3.05, 3.63) is 29.8 Å². The zero-order chi connectivity index (χ0) is 11.9. The molecule has 1 aromatic carbocycles. The van der Waals surface area contributed by atoms with Crippen molar-refractivity contribution < 1.29 is 4.74 Å². The number of para-hydroxylation sites is 1. The second kappa shape index (κ2) is 6.65. The fourth-order valence-electron chi connectivity index (χ4n) is 2.49. The first-order valence-electron chi connectivity index (χ1n) is 6.84. The standard InChI is InChI=1S/C15H23NO/c1-2-13-7-3-6-10-15(13)17-12-11-16-14-8-4-5-9-14/h3,6-7,10,14,16H,2,4-5,8-9,11-12H2,1H3. The first-order valence-corrected chi connectivity index (χ1v) is 6.84. The van der Waals surface area contributed by atoms with Crippen LogP contribution in [0.5, 0.6) is 5.75 Å². The van der Waals surface area contributed by atoms with Crippen LogP contribution in [0, 0.1) is 0 Å². The van der Waals surface area contributed by atoms with Crippen molar-refractivity contribution >= 4 is 0 Å². The maximum absolute atomic E-state index is 5.83. The Balaban J connectivity index is 1.70. The van der Waals surface area contributed by atoms with Crippen molar-refractivity contribution in [3.8, 4) is 5.75 Å². The van der Waals surface area contributed by atoms with E-state index in [2.05, 4.69) is 30.4 Å². The molecule has 17 heavy (non-hydrogen) atoms. The largest absolute Gasteiger partial charge is 0.492 e. The van der Waals surface area contributed by atoms with Crippen LogP contribution in [0.3, 0.4) is 0 Å². The van der Waals surface area contributed by atoms with Crippen molar-refractivity contribution in [2.45, 2.75) is 45.1 Å². The molecule has 0 atom stereocenters. The highest BCUT2D eigenvalue weighted by Gasteiger charge is 2.13. The molecule has 1 fully saturated rings. The number of hydrogen-bond donors (Lipinski definition) is 1. The molecule has 1 aromatic rings. The SMILES string of the molecule is CCc1ccccc1OCCNC1CCCC1. The van der Waals surface area contributed by atoms with Crippen LogP contribution in [0.2, 0.25) is 0 Å². The predicted octanol–water partition coefficient (Wildman–Crippen LogP) is 3.16. The summed E-state index contributed by atoms with van der Waals surface area (Å²) in [6, 6.07) is 9.05. The van der Waals surface area contributed by atoms with E-state index in [0.717, 1.165) is 31.4 Å². The molecular formula is C15H23NO. The van der Waals surface area contributed by atoms with Crippen LogP contribution >= 0.6 is 0 Å². The van der Waals surface area contributed by atoms with E-state index >= 15 is 0 Å². The van der Waals surface area contributed by atoms with Crippen LogP contribution < -0.4 is 10.1 Å². The van der Waals surface area contributed by atoms with Gasteiger partial charge < -0.3 is 10.1 Å². The average molecular weight is 233 g/mol. The summed E-state index contributed by atoms with van der Waals surface area (Å²) in [6.45, 7) is 3.90. The second-order valence-electron chi connectivity index (χ2n) is 4.75. The molecule has 0 aliphatic heterocycles. The van der Waals surface area contributed by atoms with Gasteiger partial charge in [0.15, 0.2) is 0 Å². The summed E-state index contributed by atoms with van der Waals surface area (Å²) in [5.74, 6) is 1.04. The Morgan fingerprint density at radius 3 is 2.76 bits per heavy atom. The van der Waals surface area contributed by atoms with Crippen molar-refractivity contribution in [3.63, 3.8) is 0 Å². The summed E-state index contributed by atoms with van der Waals surface area (Å²) in [5.41, 5.74) is 1.30. The molecule has 0 saturated heterocycles. The Morgan fingerprint density at radius 2 is 2.00 bits per heavy atom. The number of rotatable bonds is 6. The normalized spacial score (nSPS) is 16.3. The summed E-state index contributed by atoms with van der Waals surface area (Å²) in [6.07, 6.45) is 6.48. The average Bonchev–Trinajstić information content (AvgIpc) is 2.88. The van der Waals surface area contributed by atoms with E-state index < -0.39 is 0 Å². The third kappa shape index (κ3) is 3.74. The van der Waals surface area contributed by atoms with E-state index in [1.54, 1.807) is 0 Å². The lowest BCUT2D eigenvalue weighted by atomic mass is 10.1. The molecule has 2 rings (SSSR count). The number of nitrogens with one attached hydrogen (secondary N) is 1. The van der Waals surface area contributed by atoms with Gasteiger partial charge in [-0.2, -0.15) is 0 Å². The van der Waals surface area contributed by atoms with Gasteiger partial charge in [-0.25, -0.2) is 0 Å². The van der Waals surface area contributed by atoms with Gasteiger partial charge in [0.1, 0.15) is 12.4 Å². The van der Waals surface area contributed by atoms with E-state index in [1.807, 2.05) is 6.07 Å². The van der Waals surface area contributed by atoms with Gasteiger partial charge in [-0.3, -0.25) is 0 Å². The van der Waals surface area contributed by atoms with Gasteiger partial charge >= 0.3 is 0 Å². The van der Waals surface area contributed by atoms with Crippen LogP contribution in [0.15, 0.2) is 24.3 Å². The molecule has 1 N–H and O–H groups in total. The lowest BCUT2D eigenvalue weighted by molar-refractivity contribution is 0.302. The van der Waals surface area contributed by atoms with E-state index in [0.29, 0.717) is 0 Å². The van der Waals surface area contributed by atoms with Gasteiger partial charge in [-0.1, -0.05) is 38.0 Å². The number of aryl methyl sites for hydroxylation is 1.